The summed E-state index contributed by atoms with van der Waals surface area (Å²) in [4.78, 5) is 6.64. The lowest BCUT2D eigenvalue weighted by Crippen LogP contribution is -2.48. The van der Waals surface area contributed by atoms with E-state index in [0.717, 1.165) is 50.1 Å². The lowest BCUT2D eigenvalue weighted by atomic mass is 9.74. The van der Waals surface area contributed by atoms with E-state index in [4.69, 9.17) is 16.3 Å². The van der Waals surface area contributed by atoms with Crippen LogP contribution < -0.4 is 5.32 Å². The van der Waals surface area contributed by atoms with E-state index in [1.165, 1.54) is 18.4 Å². The zero-order valence-electron chi connectivity index (χ0n) is 15.6. The molecule has 1 aromatic carbocycles. The number of guanidine groups is 1. The van der Waals surface area contributed by atoms with Crippen molar-refractivity contribution in [1.29, 1.82) is 0 Å². The van der Waals surface area contributed by atoms with Gasteiger partial charge in [-0.25, -0.2) is 0 Å². The number of nitrogens with one attached hydrogen (secondary N) is 1. The minimum absolute atomic E-state index is 0. The van der Waals surface area contributed by atoms with Crippen LogP contribution >= 0.6 is 35.6 Å². The van der Waals surface area contributed by atoms with E-state index in [1.807, 2.05) is 19.2 Å². The predicted octanol–water partition coefficient (Wildman–Crippen LogP) is 4.31. The van der Waals surface area contributed by atoms with Crippen LogP contribution in [0.3, 0.4) is 0 Å². The van der Waals surface area contributed by atoms with Gasteiger partial charge in [0, 0.05) is 50.8 Å². The Balaban J connectivity index is 0.00000312. The summed E-state index contributed by atoms with van der Waals surface area (Å²) in [6.45, 7) is 5.59. The fourth-order valence-electron chi connectivity index (χ4n) is 3.33. The number of hydrogen-bond acceptors (Lipinski definition) is 2. The highest BCUT2D eigenvalue weighted by atomic mass is 127. The second-order valence-electron chi connectivity index (χ2n) is 6.55. The first-order valence-corrected chi connectivity index (χ1v) is 9.25. The zero-order chi connectivity index (χ0) is 17.4. The first-order valence-electron chi connectivity index (χ1n) is 8.87. The third kappa shape index (κ3) is 6.00. The minimum Gasteiger partial charge on any atom is -0.381 e. The summed E-state index contributed by atoms with van der Waals surface area (Å²) in [5.41, 5.74) is 1.21. The van der Waals surface area contributed by atoms with E-state index in [0.29, 0.717) is 0 Å². The highest BCUT2D eigenvalue weighted by molar-refractivity contribution is 14.0. The largest absolute Gasteiger partial charge is 0.381 e. The molecule has 25 heavy (non-hydrogen) atoms. The van der Waals surface area contributed by atoms with Gasteiger partial charge in [-0.05, 0) is 30.9 Å². The van der Waals surface area contributed by atoms with Crippen LogP contribution in [0.15, 0.2) is 29.3 Å². The Hall–Kier alpha value is -0.530. The fraction of sp³-hybridized carbons (Fsp3) is 0.632. The maximum Gasteiger partial charge on any atom is 0.193 e. The maximum atomic E-state index is 6.52. The van der Waals surface area contributed by atoms with Crippen LogP contribution in [0.5, 0.6) is 0 Å². The first-order chi connectivity index (χ1) is 11.6. The third-order valence-electron chi connectivity index (χ3n) is 4.90. The smallest absolute Gasteiger partial charge is 0.193 e. The van der Waals surface area contributed by atoms with Crippen LogP contribution in [0.1, 0.15) is 38.2 Å². The van der Waals surface area contributed by atoms with E-state index in [9.17, 15) is 0 Å². The molecular formula is C19H31ClIN3O. The van der Waals surface area contributed by atoms with Crippen molar-refractivity contribution in [2.75, 3.05) is 40.4 Å². The summed E-state index contributed by atoms with van der Waals surface area (Å²) in [5, 5.41) is 4.42. The number of ether oxygens (including phenoxy) is 1. The summed E-state index contributed by atoms with van der Waals surface area (Å²) in [5.74, 6) is 0.946. The molecule has 1 aromatic rings. The van der Waals surface area contributed by atoms with Crippen LogP contribution in [-0.4, -0.2) is 51.3 Å². The molecule has 0 radical (unpaired) electrons. The van der Waals surface area contributed by atoms with Crippen molar-refractivity contribution in [2.24, 2.45) is 4.99 Å². The van der Waals surface area contributed by atoms with Gasteiger partial charge in [0.15, 0.2) is 5.96 Å². The SMILES string of the molecule is CCCCN(C)C(=NC)NCC1(c2ccccc2Cl)CCOCC1.I. The monoisotopic (exact) mass is 479 g/mol. The standard InChI is InChI=1S/C19H30ClN3O.HI/c1-4-5-12-23(3)18(21-2)22-15-19(10-13-24-14-11-19)16-8-6-7-9-17(16)20;/h6-9H,4-5,10-15H2,1-3H3,(H,21,22);1H. The van der Waals surface area contributed by atoms with Gasteiger partial charge in [-0.2, -0.15) is 0 Å². The van der Waals surface area contributed by atoms with Gasteiger partial charge in [-0.3, -0.25) is 4.99 Å². The normalized spacial score (nSPS) is 16.9. The molecule has 1 aliphatic rings. The zero-order valence-corrected chi connectivity index (χ0v) is 18.6. The molecule has 4 nitrogen and oxygen atoms in total. The van der Waals surface area contributed by atoms with Crippen molar-refractivity contribution in [3.63, 3.8) is 0 Å². The molecule has 1 fully saturated rings. The molecule has 6 heteroatoms. The Bertz CT molecular complexity index is 547. The number of halogens is 2. The summed E-state index contributed by atoms with van der Waals surface area (Å²) in [6.07, 6.45) is 4.29. The molecule has 0 amide bonds. The number of unbranched alkanes of at least 4 members (excludes halogenated alkanes) is 1. The molecule has 0 spiro atoms. The molecular weight excluding hydrogens is 449 g/mol. The third-order valence-corrected chi connectivity index (χ3v) is 5.23. The topological polar surface area (TPSA) is 36.9 Å². The molecule has 2 rings (SSSR count). The molecule has 0 aromatic heterocycles. The van der Waals surface area contributed by atoms with E-state index >= 15 is 0 Å². The maximum absolute atomic E-state index is 6.52. The average Bonchev–Trinajstić information content (AvgIpc) is 2.61. The predicted molar refractivity (Wildman–Crippen MR) is 117 cm³/mol. The summed E-state index contributed by atoms with van der Waals surface area (Å²) < 4.78 is 5.61. The lowest BCUT2D eigenvalue weighted by Gasteiger charge is -2.39. The number of nitrogens with zero attached hydrogens (tertiary/aromatic N) is 2. The van der Waals surface area contributed by atoms with Crippen LogP contribution in [0.4, 0.5) is 0 Å². The molecule has 0 unspecified atom stereocenters. The van der Waals surface area contributed by atoms with Gasteiger partial charge in [0.2, 0.25) is 0 Å². The van der Waals surface area contributed by atoms with Crippen LogP contribution in [0, 0.1) is 0 Å². The average molecular weight is 480 g/mol. The van der Waals surface area contributed by atoms with E-state index in [1.54, 1.807) is 0 Å². The summed E-state index contributed by atoms with van der Waals surface area (Å²) in [6, 6.07) is 8.19. The molecule has 0 saturated carbocycles. The molecule has 0 aliphatic carbocycles. The number of rotatable bonds is 6. The Morgan fingerprint density at radius 3 is 2.60 bits per heavy atom. The van der Waals surface area contributed by atoms with E-state index < -0.39 is 0 Å². The number of benzene rings is 1. The highest BCUT2D eigenvalue weighted by Gasteiger charge is 2.36. The van der Waals surface area contributed by atoms with E-state index in [-0.39, 0.29) is 29.4 Å². The molecule has 0 bridgehead atoms. The second kappa shape index (κ2) is 11.2. The van der Waals surface area contributed by atoms with Gasteiger partial charge in [0.05, 0.1) is 0 Å². The minimum atomic E-state index is -0.00186. The molecule has 1 N–H and O–H groups in total. The van der Waals surface area contributed by atoms with Crippen LogP contribution in [0.2, 0.25) is 5.02 Å². The van der Waals surface area contributed by atoms with Gasteiger partial charge >= 0.3 is 0 Å². The van der Waals surface area contributed by atoms with Gasteiger partial charge < -0.3 is 15.0 Å². The molecule has 1 heterocycles. The fourth-order valence-corrected chi connectivity index (χ4v) is 3.67. The van der Waals surface area contributed by atoms with Crippen molar-refractivity contribution in [2.45, 2.75) is 38.0 Å². The number of aliphatic imine (C=N–C) groups is 1. The summed E-state index contributed by atoms with van der Waals surface area (Å²) >= 11 is 6.52. The van der Waals surface area contributed by atoms with Gasteiger partial charge in [-0.1, -0.05) is 43.1 Å². The van der Waals surface area contributed by atoms with E-state index in [2.05, 4.69) is 41.3 Å². The second-order valence-corrected chi connectivity index (χ2v) is 6.96. The van der Waals surface area contributed by atoms with Crippen molar-refractivity contribution >= 4 is 41.5 Å². The van der Waals surface area contributed by atoms with Crippen LogP contribution in [-0.2, 0) is 10.2 Å². The quantitative estimate of drug-likeness (QED) is 0.375. The molecule has 1 saturated heterocycles. The Morgan fingerprint density at radius 2 is 2.00 bits per heavy atom. The number of hydrogen-bond donors (Lipinski definition) is 1. The highest BCUT2D eigenvalue weighted by Crippen LogP contribution is 2.38. The van der Waals surface area contributed by atoms with Crippen molar-refractivity contribution in [3.05, 3.63) is 34.9 Å². The Kier molecular flexibility index (Phi) is 10.1. The Morgan fingerprint density at radius 1 is 1.32 bits per heavy atom. The summed E-state index contributed by atoms with van der Waals surface area (Å²) in [7, 11) is 3.94. The molecule has 1 aliphatic heterocycles. The molecule has 142 valence electrons. The lowest BCUT2D eigenvalue weighted by molar-refractivity contribution is 0.0512. The first kappa shape index (κ1) is 22.5. The molecule has 0 atom stereocenters. The van der Waals surface area contributed by atoms with Crippen molar-refractivity contribution in [3.8, 4) is 0 Å². The van der Waals surface area contributed by atoms with Gasteiger partial charge in [-0.15, -0.1) is 24.0 Å². The van der Waals surface area contributed by atoms with Gasteiger partial charge in [0.1, 0.15) is 0 Å². The van der Waals surface area contributed by atoms with Gasteiger partial charge in [0.25, 0.3) is 0 Å². The van der Waals surface area contributed by atoms with Crippen LogP contribution in [0.25, 0.3) is 0 Å². The van der Waals surface area contributed by atoms with Crippen molar-refractivity contribution in [1.82, 2.24) is 10.2 Å². The van der Waals surface area contributed by atoms with Crippen molar-refractivity contribution < 1.29 is 4.74 Å². The Labute approximate surface area is 174 Å².